The van der Waals surface area contributed by atoms with Gasteiger partial charge in [-0.3, -0.25) is 14.4 Å². The van der Waals surface area contributed by atoms with E-state index in [1.807, 2.05) is 6.92 Å². The van der Waals surface area contributed by atoms with Crippen LogP contribution in [0.3, 0.4) is 0 Å². The zero-order chi connectivity index (χ0) is 25.3. The van der Waals surface area contributed by atoms with Gasteiger partial charge in [0.25, 0.3) is 5.91 Å². The number of rotatable bonds is 11. The highest BCUT2D eigenvalue weighted by molar-refractivity contribution is 7.11. The van der Waals surface area contributed by atoms with Crippen molar-refractivity contribution in [2.45, 2.75) is 59.3 Å². The third-order valence-corrected chi connectivity index (χ3v) is 6.56. The minimum Gasteiger partial charge on any atom is -0.466 e. The first kappa shape index (κ1) is 27.9. The lowest BCUT2D eigenvalue weighted by Gasteiger charge is -2.25. The van der Waals surface area contributed by atoms with Crippen molar-refractivity contribution in [3.63, 3.8) is 0 Å². The molecule has 0 bridgehead atoms. The van der Waals surface area contributed by atoms with Crippen LogP contribution in [0.25, 0.3) is 0 Å². The number of esters is 2. The second kappa shape index (κ2) is 13.6. The fourth-order valence-electron chi connectivity index (χ4n) is 3.49. The molecular formula is C23H29ClFNO7S. The lowest BCUT2D eigenvalue weighted by molar-refractivity contribution is -0.142. The summed E-state index contributed by atoms with van der Waals surface area (Å²) in [5.41, 5.74) is -0.145. The van der Waals surface area contributed by atoms with Crippen molar-refractivity contribution in [2.75, 3.05) is 31.3 Å². The smallest absolute Gasteiger partial charge is 0.334 e. The number of nitrogens with zero attached hydrogens (tertiary/aromatic N) is 1. The van der Waals surface area contributed by atoms with Crippen LogP contribution >= 0.6 is 22.9 Å². The molecule has 0 radical (unpaired) electrons. The maximum absolute atomic E-state index is 15.0. The summed E-state index contributed by atoms with van der Waals surface area (Å²) in [6.07, 6.45) is 1.44. The van der Waals surface area contributed by atoms with E-state index in [1.165, 1.54) is 6.92 Å². The van der Waals surface area contributed by atoms with E-state index < -0.39 is 34.6 Å². The third kappa shape index (κ3) is 6.86. The average molecular weight is 518 g/mol. The normalized spacial score (nSPS) is 13.6. The lowest BCUT2D eigenvalue weighted by atomic mass is 9.90. The molecule has 2 rings (SSSR count). The van der Waals surface area contributed by atoms with Gasteiger partial charge in [-0.1, -0.05) is 18.5 Å². The number of carbonyl (C=O) groups excluding carboxylic acids is 4. The highest BCUT2D eigenvalue weighted by Crippen LogP contribution is 2.41. The van der Waals surface area contributed by atoms with E-state index in [0.29, 0.717) is 42.1 Å². The van der Waals surface area contributed by atoms with Gasteiger partial charge < -0.3 is 14.2 Å². The van der Waals surface area contributed by atoms with E-state index in [4.69, 9.17) is 25.8 Å². The molecule has 0 saturated heterocycles. The first-order chi connectivity index (χ1) is 16.3. The van der Waals surface area contributed by atoms with Crippen LogP contribution in [0, 0.1) is 5.13 Å². The Kier molecular flexibility index (Phi) is 11.1. The summed E-state index contributed by atoms with van der Waals surface area (Å²) in [7, 11) is 0. The summed E-state index contributed by atoms with van der Waals surface area (Å²) < 4.78 is 30.3. The van der Waals surface area contributed by atoms with E-state index >= 15 is 0 Å². The van der Waals surface area contributed by atoms with E-state index in [-0.39, 0.29) is 60.1 Å². The number of ether oxygens (including phenoxy) is 3. The summed E-state index contributed by atoms with van der Waals surface area (Å²) in [6, 6.07) is 0. The summed E-state index contributed by atoms with van der Waals surface area (Å²) >= 11 is 6.92. The fraction of sp³-hybridized carbons (Fsp3) is 0.565. The van der Waals surface area contributed by atoms with Gasteiger partial charge in [-0.15, -0.1) is 11.3 Å². The number of halogens is 2. The summed E-state index contributed by atoms with van der Waals surface area (Å²) in [6.45, 7) is 5.84. The number of amides is 2. The second-order valence-corrected chi connectivity index (χ2v) is 8.76. The summed E-state index contributed by atoms with van der Waals surface area (Å²) in [5.74, 6) is -2.77. The minimum atomic E-state index is -0.878. The first-order valence-electron chi connectivity index (χ1n) is 11.2. The molecule has 0 atom stereocenters. The van der Waals surface area contributed by atoms with Gasteiger partial charge in [-0.2, -0.15) is 4.39 Å². The van der Waals surface area contributed by atoms with Crippen molar-refractivity contribution in [2.24, 2.45) is 0 Å². The lowest BCUT2D eigenvalue weighted by Crippen LogP contribution is -2.39. The van der Waals surface area contributed by atoms with Gasteiger partial charge in [0.1, 0.15) is 12.3 Å². The van der Waals surface area contributed by atoms with Gasteiger partial charge in [0.2, 0.25) is 11.0 Å². The van der Waals surface area contributed by atoms with Crippen LogP contribution in [-0.2, 0) is 39.8 Å². The molecule has 0 N–H and O–H groups in total. The maximum atomic E-state index is 15.0. The molecular weight excluding hydrogens is 489 g/mol. The van der Waals surface area contributed by atoms with Crippen LogP contribution in [0.4, 0.5) is 10.1 Å². The van der Waals surface area contributed by atoms with E-state index in [1.54, 1.807) is 6.92 Å². The van der Waals surface area contributed by atoms with Gasteiger partial charge in [-0.05, 0) is 39.5 Å². The molecule has 2 amide bonds. The fourth-order valence-corrected chi connectivity index (χ4v) is 4.78. The molecule has 188 valence electrons. The SMILES string of the molecule is CCOCCOC(=O)C1=C(C(=O)N(C(=O)CC)c2c(F)sc(CC(=O)OCC)c2Cl)CCCC1. The van der Waals surface area contributed by atoms with Crippen LogP contribution < -0.4 is 4.90 Å². The van der Waals surface area contributed by atoms with Crippen molar-refractivity contribution in [3.05, 3.63) is 26.2 Å². The predicted molar refractivity (Wildman–Crippen MR) is 125 cm³/mol. The zero-order valence-electron chi connectivity index (χ0n) is 19.5. The molecule has 1 aliphatic carbocycles. The van der Waals surface area contributed by atoms with Crippen LogP contribution in [0.1, 0.15) is 57.8 Å². The third-order valence-electron chi connectivity index (χ3n) is 5.08. The first-order valence-corrected chi connectivity index (χ1v) is 12.4. The van der Waals surface area contributed by atoms with Crippen LogP contribution in [0.2, 0.25) is 5.02 Å². The number of imide groups is 1. The molecule has 8 nitrogen and oxygen atoms in total. The molecule has 0 aromatic carbocycles. The van der Waals surface area contributed by atoms with Crippen molar-refractivity contribution in [1.29, 1.82) is 0 Å². The van der Waals surface area contributed by atoms with Crippen molar-refractivity contribution in [3.8, 4) is 0 Å². The van der Waals surface area contributed by atoms with E-state index in [0.717, 1.165) is 0 Å². The Morgan fingerprint density at radius 3 is 2.29 bits per heavy atom. The van der Waals surface area contributed by atoms with Gasteiger partial charge in [0.05, 0.1) is 24.7 Å². The van der Waals surface area contributed by atoms with E-state index in [2.05, 4.69) is 0 Å². The Labute approximate surface area is 207 Å². The Bertz CT molecular complexity index is 959. The molecule has 1 aromatic heterocycles. The molecule has 0 fully saturated rings. The molecule has 1 aromatic rings. The van der Waals surface area contributed by atoms with Gasteiger partial charge >= 0.3 is 11.9 Å². The highest BCUT2D eigenvalue weighted by Gasteiger charge is 2.35. The molecule has 34 heavy (non-hydrogen) atoms. The largest absolute Gasteiger partial charge is 0.466 e. The monoisotopic (exact) mass is 517 g/mol. The zero-order valence-corrected chi connectivity index (χ0v) is 21.1. The Morgan fingerprint density at radius 1 is 1.00 bits per heavy atom. The van der Waals surface area contributed by atoms with Crippen molar-refractivity contribution in [1.82, 2.24) is 0 Å². The predicted octanol–water partition coefficient (Wildman–Crippen LogP) is 4.37. The maximum Gasteiger partial charge on any atom is 0.334 e. The molecule has 0 saturated carbocycles. The molecule has 0 unspecified atom stereocenters. The van der Waals surface area contributed by atoms with Crippen LogP contribution in [0.15, 0.2) is 11.1 Å². The molecule has 0 aliphatic heterocycles. The number of anilines is 1. The van der Waals surface area contributed by atoms with Gasteiger partial charge in [0, 0.05) is 29.1 Å². The van der Waals surface area contributed by atoms with Crippen LogP contribution in [0.5, 0.6) is 0 Å². The molecule has 1 aliphatic rings. The van der Waals surface area contributed by atoms with E-state index in [9.17, 15) is 23.6 Å². The highest BCUT2D eigenvalue weighted by atomic mass is 35.5. The number of carbonyl (C=O) groups is 4. The number of hydrogen-bond donors (Lipinski definition) is 0. The summed E-state index contributed by atoms with van der Waals surface area (Å²) in [4.78, 5) is 51.7. The number of hydrogen-bond acceptors (Lipinski definition) is 8. The average Bonchev–Trinajstić information content (AvgIpc) is 3.09. The topological polar surface area (TPSA) is 99.2 Å². The number of thiophene rings is 1. The Hall–Kier alpha value is -2.30. The Balaban J connectivity index is 2.43. The molecule has 0 spiro atoms. The van der Waals surface area contributed by atoms with Gasteiger partial charge in [0.15, 0.2) is 0 Å². The Morgan fingerprint density at radius 2 is 1.68 bits per heavy atom. The summed E-state index contributed by atoms with van der Waals surface area (Å²) in [5, 5.41) is -1.08. The van der Waals surface area contributed by atoms with Gasteiger partial charge in [-0.25, -0.2) is 9.69 Å². The molecule has 1 heterocycles. The molecule has 11 heteroatoms. The van der Waals surface area contributed by atoms with Crippen molar-refractivity contribution >= 4 is 52.4 Å². The second-order valence-electron chi connectivity index (χ2n) is 7.33. The quantitative estimate of drug-likeness (QED) is 0.317. The minimum absolute atomic E-state index is 0.0253. The van der Waals surface area contributed by atoms with Crippen molar-refractivity contribution < 1.29 is 37.8 Å². The van der Waals surface area contributed by atoms with Crippen LogP contribution in [-0.4, -0.2) is 50.2 Å². The standard InChI is InChI=1S/C23H29ClFNO7S/c1-4-17(27)26(20-19(24)16(34-21(20)25)13-18(28)32-6-3)22(29)14-9-7-8-10-15(14)23(30)33-12-11-31-5-2/h4-13H2,1-3H3.